The Labute approximate surface area is 109 Å². The number of aromatic nitrogens is 2. The molecule has 0 saturated heterocycles. The Morgan fingerprint density at radius 2 is 1.95 bits per heavy atom. The van der Waals surface area contributed by atoms with E-state index in [2.05, 4.69) is 20.6 Å². The Bertz CT molecular complexity index is 411. The standard InChI is InChI=1S/C11H17F3N4O/c1-7(6-19-3)5-16-9-4-8(15-2)17-10(18-9)11(12,13)14/h4,7H,5-6H2,1-3H3,(H2,15,16,17,18). The van der Waals surface area contributed by atoms with Crippen molar-refractivity contribution in [2.75, 3.05) is 37.9 Å². The average Bonchev–Trinajstić information content (AvgIpc) is 2.35. The summed E-state index contributed by atoms with van der Waals surface area (Å²) < 4.78 is 42.8. The van der Waals surface area contributed by atoms with Crippen LogP contribution in [0.4, 0.5) is 24.8 Å². The van der Waals surface area contributed by atoms with Gasteiger partial charge in [0.2, 0.25) is 5.82 Å². The van der Waals surface area contributed by atoms with Gasteiger partial charge in [0.15, 0.2) is 0 Å². The van der Waals surface area contributed by atoms with Gasteiger partial charge in [-0.15, -0.1) is 0 Å². The first-order chi connectivity index (χ1) is 8.86. The van der Waals surface area contributed by atoms with E-state index in [1.54, 1.807) is 7.11 Å². The molecule has 0 fully saturated rings. The number of hydrogen-bond acceptors (Lipinski definition) is 5. The predicted molar refractivity (Wildman–Crippen MR) is 66.1 cm³/mol. The van der Waals surface area contributed by atoms with Crippen molar-refractivity contribution in [3.05, 3.63) is 11.9 Å². The number of alkyl halides is 3. The van der Waals surface area contributed by atoms with Crippen LogP contribution in [0.5, 0.6) is 0 Å². The number of ether oxygens (including phenoxy) is 1. The maximum Gasteiger partial charge on any atom is 0.451 e. The van der Waals surface area contributed by atoms with Crippen LogP contribution in [0.3, 0.4) is 0 Å². The van der Waals surface area contributed by atoms with Crippen LogP contribution in [0.25, 0.3) is 0 Å². The summed E-state index contributed by atoms with van der Waals surface area (Å²) in [6.45, 7) is 2.90. The molecule has 1 rings (SSSR count). The Morgan fingerprint density at radius 1 is 1.32 bits per heavy atom. The zero-order chi connectivity index (χ0) is 14.5. The highest BCUT2D eigenvalue weighted by Gasteiger charge is 2.35. The molecule has 2 N–H and O–H groups in total. The minimum Gasteiger partial charge on any atom is -0.384 e. The highest BCUT2D eigenvalue weighted by Crippen LogP contribution is 2.28. The van der Waals surface area contributed by atoms with E-state index in [9.17, 15) is 13.2 Å². The minimum absolute atomic E-state index is 0.115. The van der Waals surface area contributed by atoms with Crippen molar-refractivity contribution in [1.82, 2.24) is 9.97 Å². The van der Waals surface area contributed by atoms with Crippen LogP contribution >= 0.6 is 0 Å². The van der Waals surface area contributed by atoms with Gasteiger partial charge in [-0.25, -0.2) is 9.97 Å². The number of nitrogens with zero attached hydrogens (tertiary/aromatic N) is 2. The van der Waals surface area contributed by atoms with Gasteiger partial charge in [-0.3, -0.25) is 0 Å². The van der Waals surface area contributed by atoms with E-state index in [1.165, 1.54) is 13.1 Å². The molecular formula is C11H17F3N4O. The van der Waals surface area contributed by atoms with Crippen LogP contribution in [0.1, 0.15) is 12.7 Å². The van der Waals surface area contributed by atoms with Crippen molar-refractivity contribution >= 4 is 11.6 Å². The van der Waals surface area contributed by atoms with Crippen molar-refractivity contribution in [3.63, 3.8) is 0 Å². The Hall–Kier alpha value is -1.57. The van der Waals surface area contributed by atoms with Gasteiger partial charge in [0, 0.05) is 26.8 Å². The SMILES string of the molecule is CNc1cc(NCC(C)COC)nc(C(F)(F)F)n1. The Morgan fingerprint density at radius 3 is 2.47 bits per heavy atom. The highest BCUT2D eigenvalue weighted by molar-refractivity contribution is 5.47. The molecule has 0 saturated carbocycles. The molecule has 0 spiro atoms. The summed E-state index contributed by atoms with van der Waals surface area (Å²) in [5, 5.41) is 5.42. The van der Waals surface area contributed by atoms with Crippen molar-refractivity contribution in [2.24, 2.45) is 5.92 Å². The normalized spacial score (nSPS) is 13.2. The molecule has 0 bridgehead atoms. The Balaban J connectivity index is 2.83. The lowest BCUT2D eigenvalue weighted by atomic mass is 10.2. The molecule has 0 aliphatic heterocycles. The lowest BCUT2D eigenvalue weighted by Crippen LogP contribution is -2.19. The lowest BCUT2D eigenvalue weighted by molar-refractivity contribution is -0.144. The topological polar surface area (TPSA) is 59.1 Å². The first-order valence-corrected chi connectivity index (χ1v) is 5.73. The Kier molecular flexibility index (Phi) is 5.34. The zero-order valence-electron chi connectivity index (χ0n) is 11.0. The third-order valence-electron chi connectivity index (χ3n) is 2.32. The monoisotopic (exact) mass is 278 g/mol. The van der Waals surface area contributed by atoms with Gasteiger partial charge in [-0.2, -0.15) is 13.2 Å². The fourth-order valence-corrected chi connectivity index (χ4v) is 1.41. The maximum atomic E-state index is 12.6. The summed E-state index contributed by atoms with van der Waals surface area (Å²) in [5.74, 6) is -0.757. The van der Waals surface area contributed by atoms with Gasteiger partial charge >= 0.3 is 6.18 Å². The molecule has 1 aromatic rings. The molecular weight excluding hydrogens is 261 g/mol. The summed E-state index contributed by atoms with van der Waals surface area (Å²) in [4.78, 5) is 6.83. The van der Waals surface area contributed by atoms with Gasteiger partial charge in [0.05, 0.1) is 6.61 Å². The van der Waals surface area contributed by atoms with E-state index in [0.29, 0.717) is 13.2 Å². The first kappa shape index (κ1) is 15.5. The maximum absolute atomic E-state index is 12.6. The lowest BCUT2D eigenvalue weighted by Gasteiger charge is -2.14. The number of methoxy groups -OCH3 is 1. The second-order valence-corrected chi connectivity index (χ2v) is 4.15. The third kappa shape index (κ3) is 4.90. The fraction of sp³-hybridized carbons (Fsp3) is 0.636. The fourth-order valence-electron chi connectivity index (χ4n) is 1.41. The molecule has 1 atom stereocenters. The van der Waals surface area contributed by atoms with E-state index >= 15 is 0 Å². The number of anilines is 2. The molecule has 1 aromatic heterocycles. The van der Waals surface area contributed by atoms with E-state index in [4.69, 9.17) is 4.74 Å². The number of rotatable bonds is 6. The molecule has 1 unspecified atom stereocenters. The molecule has 8 heteroatoms. The second-order valence-electron chi connectivity index (χ2n) is 4.15. The van der Waals surface area contributed by atoms with Crippen molar-refractivity contribution in [1.29, 1.82) is 0 Å². The quantitative estimate of drug-likeness (QED) is 0.835. The third-order valence-corrected chi connectivity index (χ3v) is 2.32. The van der Waals surface area contributed by atoms with Crippen LogP contribution < -0.4 is 10.6 Å². The molecule has 0 aliphatic carbocycles. The molecule has 108 valence electrons. The van der Waals surface area contributed by atoms with Gasteiger partial charge < -0.3 is 15.4 Å². The van der Waals surface area contributed by atoms with Gasteiger partial charge in [0.25, 0.3) is 0 Å². The second kappa shape index (κ2) is 6.55. The largest absolute Gasteiger partial charge is 0.451 e. The van der Waals surface area contributed by atoms with Crippen LogP contribution in [0, 0.1) is 5.92 Å². The predicted octanol–water partition coefficient (Wildman–Crippen LogP) is 2.23. The van der Waals surface area contributed by atoms with Crippen LogP contribution in [0.2, 0.25) is 0 Å². The molecule has 0 radical (unpaired) electrons. The molecule has 0 aliphatic rings. The molecule has 1 heterocycles. The number of hydrogen-bond donors (Lipinski definition) is 2. The summed E-state index contributed by atoms with van der Waals surface area (Å²) in [6.07, 6.45) is -4.57. The van der Waals surface area contributed by atoms with E-state index < -0.39 is 12.0 Å². The summed E-state index contributed by atoms with van der Waals surface area (Å²) >= 11 is 0. The first-order valence-electron chi connectivity index (χ1n) is 5.73. The highest BCUT2D eigenvalue weighted by atomic mass is 19.4. The van der Waals surface area contributed by atoms with Crippen LogP contribution in [-0.2, 0) is 10.9 Å². The molecule has 0 aromatic carbocycles. The summed E-state index contributed by atoms with van der Waals surface area (Å²) in [6, 6.07) is 1.43. The molecule has 19 heavy (non-hydrogen) atoms. The van der Waals surface area contributed by atoms with E-state index in [1.807, 2.05) is 6.92 Å². The van der Waals surface area contributed by atoms with Gasteiger partial charge in [-0.1, -0.05) is 6.92 Å². The minimum atomic E-state index is -4.57. The van der Waals surface area contributed by atoms with Crippen LogP contribution in [0.15, 0.2) is 6.07 Å². The zero-order valence-corrected chi connectivity index (χ0v) is 11.0. The van der Waals surface area contributed by atoms with Crippen molar-refractivity contribution < 1.29 is 17.9 Å². The summed E-state index contributed by atoms with van der Waals surface area (Å²) in [5.41, 5.74) is 0. The molecule has 0 amide bonds. The van der Waals surface area contributed by atoms with Crippen molar-refractivity contribution in [3.8, 4) is 0 Å². The number of nitrogens with one attached hydrogen (secondary N) is 2. The average molecular weight is 278 g/mol. The van der Waals surface area contributed by atoms with E-state index in [0.717, 1.165) is 0 Å². The summed E-state index contributed by atoms with van der Waals surface area (Å²) in [7, 11) is 3.07. The smallest absolute Gasteiger partial charge is 0.384 e. The molecule has 5 nitrogen and oxygen atoms in total. The van der Waals surface area contributed by atoms with Gasteiger partial charge in [0.1, 0.15) is 11.6 Å². The van der Waals surface area contributed by atoms with E-state index in [-0.39, 0.29) is 17.6 Å². The van der Waals surface area contributed by atoms with Crippen molar-refractivity contribution in [2.45, 2.75) is 13.1 Å². The van der Waals surface area contributed by atoms with Gasteiger partial charge in [-0.05, 0) is 5.92 Å². The number of halogens is 3. The van der Waals surface area contributed by atoms with Crippen LogP contribution in [-0.4, -0.2) is 37.3 Å².